The van der Waals surface area contributed by atoms with E-state index >= 15 is 0 Å². The van der Waals surface area contributed by atoms with Gasteiger partial charge in [0, 0.05) is 10.6 Å². The van der Waals surface area contributed by atoms with Gasteiger partial charge in [0.25, 0.3) is 0 Å². The first-order chi connectivity index (χ1) is 8.22. The molecule has 0 aliphatic heterocycles. The normalized spacial score (nSPS) is 9.76. The molecule has 0 bridgehead atoms. The van der Waals surface area contributed by atoms with Gasteiger partial charge in [-0.1, -0.05) is 23.4 Å². The SMILES string of the molecule is NCC#Cc1ccc(Cl)cc1-n1cn[nH]c1=O. The summed E-state index contributed by atoms with van der Waals surface area (Å²) in [6, 6.07) is 5.09. The Morgan fingerprint density at radius 3 is 3.00 bits per heavy atom. The Balaban J connectivity index is 2.63. The molecular formula is C11H9ClN4O. The zero-order valence-corrected chi connectivity index (χ0v) is 9.53. The summed E-state index contributed by atoms with van der Waals surface area (Å²) in [4.78, 5) is 11.5. The Morgan fingerprint density at radius 1 is 1.53 bits per heavy atom. The fourth-order valence-corrected chi connectivity index (χ4v) is 1.54. The Hall–Kier alpha value is -2.03. The van der Waals surface area contributed by atoms with Gasteiger partial charge in [0.05, 0.1) is 12.2 Å². The van der Waals surface area contributed by atoms with E-state index in [1.807, 2.05) is 0 Å². The van der Waals surface area contributed by atoms with E-state index in [0.717, 1.165) is 0 Å². The van der Waals surface area contributed by atoms with Gasteiger partial charge in [0.1, 0.15) is 6.33 Å². The van der Waals surface area contributed by atoms with Crippen molar-refractivity contribution in [2.45, 2.75) is 0 Å². The van der Waals surface area contributed by atoms with Crippen LogP contribution in [0.5, 0.6) is 0 Å². The lowest BCUT2D eigenvalue weighted by molar-refractivity contribution is 0.979. The van der Waals surface area contributed by atoms with Gasteiger partial charge in [0.15, 0.2) is 0 Å². The number of H-pyrrole nitrogens is 1. The van der Waals surface area contributed by atoms with Crippen LogP contribution in [0, 0.1) is 11.8 Å². The van der Waals surface area contributed by atoms with Gasteiger partial charge < -0.3 is 5.73 Å². The van der Waals surface area contributed by atoms with Crippen LogP contribution in [0.2, 0.25) is 5.02 Å². The monoisotopic (exact) mass is 248 g/mol. The van der Waals surface area contributed by atoms with Crippen molar-refractivity contribution >= 4 is 11.6 Å². The standard InChI is InChI=1S/C11H9ClN4O/c12-9-4-3-8(2-1-5-13)10(6-9)16-7-14-15-11(16)17/h3-4,6-7H,5,13H2,(H,15,17). The molecule has 2 aromatic rings. The second-order valence-corrected chi connectivity index (χ2v) is 3.64. The quantitative estimate of drug-likeness (QED) is 0.723. The van der Waals surface area contributed by atoms with E-state index in [4.69, 9.17) is 17.3 Å². The highest BCUT2D eigenvalue weighted by atomic mass is 35.5. The van der Waals surface area contributed by atoms with Crippen LogP contribution in [0.4, 0.5) is 0 Å². The van der Waals surface area contributed by atoms with E-state index in [1.165, 1.54) is 10.9 Å². The smallest absolute Gasteiger partial charge is 0.320 e. The summed E-state index contributed by atoms with van der Waals surface area (Å²) in [5.41, 5.74) is 6.22. The summed E-state index contributed by atoms with van der Waals surface area (Å²) < 4.78 is 1.34. The number of nitrogens with zero attached hydrogens (tertiary/aromatic N) is 2. The highest BCUT2D eigenvalue weighted by Gasteiger charge is 2.06. The number of halogens is 1. The van der Waals surface area contributed by atoms with Crippen molar-refractivity contribution < 1.29 is 0 Å². The number of rotatable bonds is 1. The fourth-order valence-electron chi connectivity index (χ4n) is 1.38. The molecule has 0 amide bonds. The van der Waals surface area contributed by atoms with Crippen LogP contribution in [-0.4, -0.2) is 21.3 Å². The van der Waals surface area contributed by atoms with E-state index in [-0.39, 0.29) is 12.2 Å². The number of benzene rings is 1. The highest BCUT2D eigenvalue weighted by Crippen LogP contribution is 2.17. The first kappa shape index (κ1) is 11.5. The molecule has 0 saturated carbocycles. The Labute approximate surface area is 102 Å². The summed E-state index contributed by atoms with van der Waals surface area (Å²) in [7, 11) is 0. The molecule has 17 heavy (non-hydrogen) atoms. The molecule has 0 aliphatic carbocycles. The van der Waals surface area contributed by atoms with Gasteiger partial charge >= 0.3 is 5.69 Å². The summed E-state index contributed by atoms with van der Waals surface area (Å²) in [5, 5.41) is 6.49. The third-order valence-corrected chi connectivity index (χ3v) is 2.33. The minimum atomic E-state index is -0.344. The first-order valence-corrected chi connectivity index (χ1v) is 5.21. The van der Waals surface area contributed by atoms with Gasteiger partial charge in [-0.05, 0) is 18.2 Å². The van der Waals surface area contributed by atoms with E-state index in [2.05, 4.69) is 22.0 Å². The third-order valence-electron chi connectivity index (χ3n) is 2.10. The molecule has 6 heteroatoms. The number of nitrogens with one attached hydrogen (secondary N) is 1. The predicted molar refractivity (Wildman–Crippen MR) is 65.1 cm³/mol. The van der Waals surface area contributed by atoms with E-state index < -0.39 is 0 Å². The fraction of sp³-hybridized carbons (Fsp3) is 0.0909. The van der Waals surface area contributed by atoms with Crippen LogP contribution in [-0.2, 0) is 0 Å². The van der Waals surface area contributed by atoms with Crippen LogP contribution < -0.4 is 11.4 Å². The Morgan fingerprint density at radius 2 is 2.35 bits per heavy atom. The molecule has 1 heterocycles. The molecule has 2 rings (SSSR count). The number of hydrogen-bond acceptors (Lipinski definition) is 3. The van der Waals surface area contributed by atoms with E-state index in [9.17, 15) is 4.79 Å². The largest absolute Gasteiger partial charge is 0.347 e. The predicted octanol–water partition coefficient (Wildman–Crippen LogP) is 0.524. The van der Waals surface area contributed by atoms with Crippen molar-refractivity contribution in [3.8, 4) is 17.5 Å². The van der Waals surface area contributed by atoms with Crippen molar-refractivity contribution in [2.75, 3.05) is 6.54 Å². The van der Waals surface area contributed by atoms with Crippen LogP contribution in [0.15, 0.2) is 29.3 Å². The molecule has 0 saturated heterocycles. The van der Waals surface area contributed by atoms with Crippen LogP contribution in [0.25, 0.3) is 5.69 Å². The molecule has 0 fully saturated rings. The number of aromatic nitrogens is 3. The molecule has 0 spiro atoms. The third kappa shape index (κ3) is 2.38. The van der Waals surface area contributed by atoms with Crippen molar-refractivity contribution in [1.29, 1.82) is 0 Å². The maximum absolute atomic E-state index is 11.5. The number of aromatic amines is 1. The summed E-state index contributed by atoms with van der Waals surface area (Å²) >= 11 is 5.90. The van der Waals surface area contributed by atoms with Gasteiger partial charge in [0.2, 0.25) is 0 Å². The lowest BCUT2D eigenvalue weighted by Gasteiger charge is -2.04. The van der Waals surface area contributed by atoms with Gasteiger partial charge in [-0.25, -0.2) is 14.5 Å². The van der Waals surface area contributed by atoms with Crippen LogP contribution >= 0.6 is 11.6 Å². The zero-order valence-electron chi connectivity index (χ0n) is 8.77. The van der Waals surface area contributed by atoms with Gasteiger partial charge in [-0.2, -0.15) is 5.10 Å². The molecule has 1 aromatic carbocycles. The molecule has 0 radical (unpaired) electrons. The first-order valence-electron chi connectivity index (χ1n) is 4.83. The van der Waals surface area contributed by atoms with Crippen molar-refractivity contribution in [2.24, 2.45) is 5.73 Å². The van der Waals surface area contributed by atoms with Crippen molar-refractivity contribution in [3.63, 3.8) is 0 Å². The second-order valence-electron chi connectivity index (χ2n) is 3.20. The molecular weight excluding hydrogens is 240 g/mol. The summed E-state index contributed by atoms with van der Waals surface area (Å²) in [6.45, 7) is 0.252. The maximum Gasteiger partial charge on any atom is 0.347 e. The second kappa shape index (κ2) is 4.87. The molecule has 0 aliphatic rings. The van der Waals surface area contributed by atoms with Crippen LogP contribution in [0.1, 0.15) is 5.56 Å². The number of hydrogen-bond donors (Lipinski definition) is 2. The zero-order chi connectivity index (χ0) is 12.3. The minimum Gasteiger partial charge on any atom is -0.320 e. The molecule has 86 valence electrons. The summed E-state index contributed by atoms with van der Waals surface area (Å²) in [5.74, 6) is 5.62. The molecule has 3 N–H and O–H groups in total. The average molecular weight is 249 g/mol. The number of nitrogens with two attached hydrogens (primary N) is 1. The Kier molecular flexibility index (Phi) is 3.28. The molecule has 0 atom stereocenters. The van der Waals surface area contributed by atoms with Gasteiger partial charge in [-0.15, -0.1) is 0 Å². The highest BCUT2D eigenvalue weighted by molar-refractivity contribution is 6.30. The topological polar surface area (TPSA) is 76.7 Å². The van der Waals surface area contributed by atoms with Gasteiger partial charge in [-0.3, -0.25) is 0 Å². The minimum absolute atomic E-state index is 0.252. The summed E-state index contributed by atoms with van der Waals surface area (Å²) in [6.07, 6.45) is 1.38. The van der Waals surface area contributed by atoms with Crippen LogP contribution in [0.3, 0.4) is 0 Å². The lowest BCUT2D eigenvalue weighted by atomic mass is 10.2. The maximum atomic E-state index is 11.5. The van der Waals surface area contributed by atoms with E-state index in [1.54, 1.807) is 18.2 Å². The Bertz CT molecular complexity index is 647. The van der Waals surface area contributed by atoms with Crippen molar-refractivity contribution in [1.82, 2.24) is 14.8 Å². The van der Waals surface area contributed by atoms with E-state index in [0.29, 0.717) is 16.3 Å². The van der Waals surface area contributed by atoms with Crippen molar-refractivity contribution in [3.05, 3.63) is 45.6 Å². The molecule has 1 aromatic heterocycles. The lowest BCUT2D eigenvalue weighted by Crippen LogP contribution is -2.15. The molecule has 5 nitrogen and oxygen atoms in total. The molecule has 0 unspecified atom stereocenters. The average Bonchev–Trinajstić information content (AvgIpc) is 2.74.